The van der Waals surface area contributed by atoms with Crippen molar-refractivity contribution in [2.45, 2.75) is 30.7 Å². The predicted molar refractivity (Wildman–Crippen MR) is 103 cm³/mol. The molecule has 1 heterocycles. The van der Waals surface area contributed by atoms with Gasteiger partial charge in [0.15, 0.2) is 0 Å². The average molecular weight is 388 g/mol. The molecule has 1 amide bonds. The molecule has 144 valence electrons. The van der Waals surface area contributed by atoms with Crippen LogP contribution in [0.25, 0.3) is 0 Å². The van der Waals surface area contributed by atoms with Gasteiger partial charge in [0.1, 0.15) is 5.75 Å². The topological polar surface area (TPSA) is 75.7 Å². The van der Waals surface area contributed by atoms with Crippen molar-refractivity contribution in [2.75, 3.05) is 20.2 Å². The molecule has 0 saturated carbocycles. The molecule has 2 aromatic rings. The van der Waals surface area contributed by atoms with Gasteiger partial charge in [0.25, 0.3) is 5.91 Å². The second kappa shape index (κ2) is 8.10. The first-order valence-corrected chi connectivity index (χ1v) is 10.4. The van der Waals surface area contributed by atoms with Gasteiger partial charge in [-0.25, -0.2) is 8.42 Å². The van der Waals surface area contributed by atoms with Crippen molar-refractivity contribution < 1.29 is 17.9 Å². The van der Waals surface area contributed by atoms with Crippen LogP contribution in [0.1, 0.15) is 41.7 Å². The lowest BCUT2D eigenvalue weighted by atomic mass is 10.1. The lowest BCUT2D eigenvalue weighted by Crippen LogP contribution is -2.29. The van der Waals surface area contributed by atoms with Crippen LogP contribution in [0.3, 0.4) is 0 Å². The van der Waals surface area contributed by atoms with Gasteiger partial charge in [-0.3, -0.25) is 4.79 Å². The molecule has 0 unspecified atom stereocenters. The van der Waals surface area contributed by atoms with Gasteiger partial charge in [0, 0.05) is 18.7 Å². The third-order valence-corrected chi connectivity index (χ3v) is 6.66. The van der Waals surface area contributed by atoms with E-state index in [0.717, 1.165) is 24.2 Å². The van der Waals surface area contributed by atoms with E-state index in [1.165, 1.54) is 16.4 Å². The summed E-state index contributed by atoms with van der Waals surface area (Å²) in [6, 6.07) is 13.4. The Kier molecular flexibility index (Phi) is 5.82. The van der Waals surface area contributed by atoms with Crippen molar-refractivity contribution in [2.24, 2.45) is 0 Å². The Balaban J connectivity index is 1.74. The summed E-state index contributed by atoms with van der Waals surface area (Å²) >= 11 is 0. The standard InChI is InChI=1S/C20H24N2O4S/c1-15(16-8-10-18(26-2)11-9-16)21-20(23)17-6-5-7-19(14-17)27(24,25)22-12-3-4-13-22/h5-11,14-15H,3-4,12-13H2,1-2H3,(H,21,23)/t15-/m0/s1. The van der Waals surface area contributed by atoms with Gasteiger partial charge in [0.05, 0.1) is 18.0 Å². The Morgan fingerprint density at radius 1 is 1.11 bits per heavy atom. The van der Waals surface area contributed by atoms with E-state index in [9.17, 15) is 13.2 Å². The zero-order valence-corrected chi connectivity index (χ0v) is 16.3. The molecule has 6 nitrogen and oxygen atoms in total. The monoisotopic (exact) mass is 388 g/mol. The Morgan fingerprint density at radius 3 is 2.41 bits per heavy atom. The van der Waals surface area contributed by atoms with E-state index in [-0.39, 0.29) is 16.8 Å². The van der Waals surface area contributed by atoms with Gasteiger partial charge in [0.2, 0.25) is 10.0 Å². The van der Waals surface area contributed by atoms with Crippen molar-refractivity contribution in [3.8, 4) is 5.75 Å². The van der Waals surface area contributed by atoms with E-state index >= 15 is 0 Å². The summed E-state index contributed by atoms with van der Waals surface area (Å²) in [7, 11) is -1.94. The Morgan fingerprint density at radius 2 is 1.78 bits per heavy atom. The van der Waals surface area contributed by atoms with Gasteiger partial charge in [-0.1, -0.05) is 18.2 Å². The summed E-state index contributed by atoms with van der Waals surface area (Å²) in [5.41, 5.74) is 1.26. The summed E-state index contributed by atoms with van der Waals surface area (Å²) in [5, 5.41) is 2.91. The normalized spacial score (nSPS) is 16.1. The van der Waals surface area contributed by atoms with Gasteiger partial charge in [-0.2, -0.15) is 4.31 Å². The Bertz CT molecular complexity index is 904. The van der Waals surface area contributed by atoms with Gasteiger partial charge >= 0.3 is 0 Å². The van der Waals surface area contributed by atoms with Gasteiger partial charge < -0.3 is 10.1 Å². The van der Waals surface area contributed by atoms with E-state index in [0.29, 0.717) is 18.7 Å². The molecule has 0 aromatic heterocycles. The second-order valence-corrected chi connectivity index (χ2v) is 8.55. The van der Waals surface area contributed by atoms with E-state index < -0.39 is 10.0 Å². The Labute approximate surface area is 160 Å². The molecule has 0 aliphatic carbocycles. The van der Waals surface area contributed by atoms with Crippen LogP contribution in [-0.4, -0.2) is 38.8 Å². The molecule has 1 N–H and O–H groups in total. The number of nitrogens with one attached hydrogen (secondary N) is 1. The quantitative estimate of drug-likeness (QED) is 0.825. The maximum absolute atomic E-state index is 12.7. The molecular weight excluding hydrogens is 364 g/mol. The number of hydrogen-bond donors (Lipinski definition) is 1. The first kappa shape index (κ1) is 19.4. The van der Waals surface area contributed by atoms with Crippen LogP contribution in [0.5, 0.6) is 5.75 Å². The van der Waals surface area contributed by atoms with Crippen molar-refractivity contribution in [3.63, 3.8) is 0 Å². The van der Waals surface area contributed by atoms with E-state index in [2.05, 4.69) is 5.32 Å². The highest BCUT2D eigenvalue weighted by molar-refractivity contribution is 7.89. The fourth-order valence-corrected chi connectivity index (χ4v) is 4.69. The summed E-state index contributed by atoms with van der Waals surface area (Å²) < 4.78 is 32.0. The number of nitrogens with zero attached hydrogens (tertiary/aromatic N) is 1. The largest absolute Gasteiger partial charge is 0.497 e. The predicted octanol–water partition coefficient (Wildman–Crippen LogP) is 2.97. The summed E-state index contributed by atoms with van der Waals surface area (Å²) in [4.78, 5) is 12.8. The van der Waals surface area contributed by atoms with Gasteiger partial charge in [-0.15, -0.1) is 0 Å². The number of benzene rings is 2. The molecule has 3 rings (SSSR count). The van der Waals surface area contributed by atoms with E-state index in [1.54, 1.807) is 19.2 Å². The molecule has 0 bridgehead atoms. The molecule has 0 radical (unpaired) electrons. The number of hydrogen-bond acceptors (Lipinski definition) is 4. The zero-order valence-electron chi connectivity index (χ0n) is 15.5. The maximum Gasteiger partial charge on any atom is 0.251 e. The Hall–Kier alpha value is -2.38. The molecular formula is C20H24N2O4S. The van der Waals surface area contributed by atoms with Crippen LogP contribution in [-0.2, 0) is 10.0 Å². The molecule has 1 fully saturated rings. The molecule has 0 spiro atoms. The van der Waals surface area contributed by atoms with Crippen molar-refractivity contribution in [3.05, 3.63) is 59.7 Å². The summed E-state index contributed by atoms with van der Waals surface area (Å²) in [5.74, 6) is 0.439. The smallest absolute Gasteiger partial charge is 0.251 e. The second-order valence-electron chi connectivity index (χ2n) is 6.61. The molecule has 27 heavy (non-hydrogen) atoms. The molecule has 1 aliphatic rings. The number of rotatable bonds is 6. The fraction of sp³-hybridized carbons (Fsp3) is 0.350. The summed E-state index contributed by atoms with van der Waals surface area (Å²) in [6.45, 7) is 2.95. The van der Waals surface area contributed by atoms with Crippen LogP contribution in [0, 0.1) is 0 Å². The number of ether oxygens (including phenoxy) is 1. The minimum Gasteiger partial charge on any atom is -0.497 e. The minimum atomic E-state index is -3.54. The summed E-state index contributed by atoms with van der Waals surface area (Å²) in [6.07, 6.45) is 1.75. The highest BCUT2D eigenvalue weighted by atomic mass is 32.2. The highest BCUT2D eigenvalue weighted by Gasteiger charge is 2.27. The number of amides is 1. The van der Waals surface area contributed by atoms with Gasteiger partial charge in [-0.05, 0) is 55.7 Å². The van der Waals surface area contributed by atoms with E-state index in [4.69, 9.17) is 4.74 Å². The van der Waals surface area contributed by atoms with Crippen molar-refractivity contribution >= 4 is 15.9 Å². The molecule has 1 atom stereocenters. The lowest BCUT2D eigenvalue weighted by molar-refractivity contribution is 0.0939. The lowest BCUT2D eigenvalue weighted by Gasteiger charge is -2.17. The van der Waals surface area contributed by atoms with Crippen molar-refractivity contribution in [1.29, 1.82) is 0 Å². The number of sulfonamides is 1. The average Bonchev–Trinajstić information content (AvgIpc) is 3.24. The third-order valence-electron chi connectivity index (χ3n) is 4.76. The van der Waals surface area contributed by atoms with Crippen LogP contribution >= 0.6 is 0 Å². The van der Waals surface area contributed by atoms with E-state index in [1.807, 2.05) is 31.2 Å². The molecule has 2 aromatic carbocycles. The van der Waals surface area contributed by atoms with Crippen LogP contribution in [0.4, 0.5) is 0 Å². The number of carbonyl (C=O) groups excluding carboxylic acids is 1. The SMILES string of the molecule is COc1ccc([C@H](C)NC(=O)c2cccc(S(=O)(=O)N3CCCC3)c2)cc1. The third kappa shape index (κ3) is 4.31. The number of methoxy groups -OCH3 is 1. The zero-order chi connectivity index (χ0) is 19.4. The molecule has 1 saturated heterocycles. The fourth-order valence-electron chi connectivity index (χ4n) is 3.13. The van der Waals surface area contributed by atoms with Crippen molar-refractivity contribution in [1.82, 2.24) is 9.62 Å². The maximum atomic E-state index is 12.7. The van der Waals surface area contributed by atoms with Crippen LogP contribution in [0.2, 0.25) is 0 Å². The van der Waals surface area contributed by atoms with Crippen LogP contribution in [0.15, 0.2) is 53.4 Å². The highest BCUT2D eigenvalue weighted by Crippen LogP contribution is 2.22. The number of carbonyl (C=O) groups is 1. The minimum absolute atomic E-state index is 0.161. The van der Waals surface area contributed by atoms with Crippen LogP contribution < -0.4 is 10.1 Å². The molecule has 7 heteroatoms. The molecule has 1 aliphatic heterocycles. The first-order chi connectivity index (χ1) is 12.9. The first-order valence-electron chi connectivity index (χ1n) is 8.97.